The molecule has 1 aliphatic carbocycles. The molecule has 142 valence electrons. The van der Waals surface area contributed by atoms with Crippen molar-refractivity contribution in [3.05, 3.63) is 53.6 Å². The summed E-state index contributed by atoms with van der Waals surface area (Å²) in [6.45, 7) is 3.53. The van der Waals surface area contributed by atoms with Crippen molar-refractivity contribution in [2.75, 3.05) is 10.0 Å². The fourth-order valence-corrected chi connectivity index (χ4v) is 4.20. The van der Waals surface area contributed by atoms with Gasteiger partial charge in [-0.05, 0) is 55.7 Å². The monoisotopic (exact) mass is 388 g/mol. The van der Waals surface area contributed by atoms with Crippen LogP contribution in [-0.4, -0.2) is 25.4 Å². The minimum atomic E-state index is -3.84. The van der Waals surface area contributed by atoms with E-state index in [1.165, 1.54) is 6.07 Å². The van der Waals surface area contributed by atoms with Gasteiger partial charge in [-0.3, -0.25) is 14.3 Å². The molecule has 0 radical (unpaired) electrons. The first-order chi connectivity index (χ1) is 12.7. The van der Waals surface area contributed by atoms with Crippen LogP contribution in [0.4, 0.5) is 11.4 Å². The fraction of sp³-hybridized carbons (Fsp3) is 0.263. The number of carbonyl (C=O) groups is 2. The summed E-state index contributed by atoms with van der Waals surface area (Å²) in [6.07, 6.45) is 0.299. The molecule has 0 bridgehead atoms. The van der Waals surface area contributed by atoms with Crippen molar-refractivity contribution >= 4 is 33.3 Å². The molecule has 1 amide bonds. The molecule has 0 aliphatic heterocycles. The van der Waals surface area contributed by atoms with E-state index in [1.54, 1.807) is 37.3 Å². The molecule has 2 aromatic carbocycles. The zero-order valence-corrected chi connectivity index (χ0v) is 15.7. The maximum Gasteiger partial charge on any atom is 0.307 e. The van der Waals surface area contributed by atoms with Gasteiger partial charge in [-0.1, -0.05) is 18.2 Å². The molecule has 27 heavy (non-hydrogen) atoms. The molecule has 0 heterocycles. The second-order valence-electron chi connectivity index (χ2n) is 6.73. The van der Waals surface area contributed by atoms with Crippen molar-refractivity contribution in [1.29, 1.82) is 0 Å². The van der Waals surface area contributed by atoms with E-state index < -0.39 is 33.7 Å². The smallest absolute Gasteiger partial charge is 0.307 e. The van der Waals surface area contributed by atoms with Gasteiger partial charge in [0.05, 0.1) is 16.7 Å². The molecule has 0 saturated heterocycles. The Kier molecular flexibility index (Phi) is 4.93. The van der Waals surface area contributed by atoms with Crippen molar-refractivity contribution < 1.29 is 23.1 Å². The molecule has 1 fully saturated rings. The van der Waals surface area contributed by atoms with Crippen LogP contribution in [0.5, 0.6) is 0 Å². The summed E-state index contributed by atoms with van der Waals surface area (Å²) < 4.78 is 28.1. The van der Waals surface area contributed by atoms with Gasteiger partial charge in [0.15, 0.2) is 0 Å². The number of amides is 1. The van der Waals surface area contributed by atoms with Gasteiger partial charge in [-0.15, -0.1) is 0 Å². The molecular weight excluding hydrogens is 368 g/mol. The number of carboxylic acids is 1. The Morgan fingerprint density at radius 2 is 1.78 bits per heavy atom. The third-order valence-electron chi connectivity index (χ3n) is 4.46. The van der Waals surface area contributed by atoms with Gasteiger partial charge in [0, 0.05) is 11.4 Å². The minimum absolute atomic E-state index is 0.0485. The molecule has 2 aromatic rings. The van der Waals surface area contributed by atoms with Crippen LogP contribution in [0.15, 0.2) is 47.4 Å². The van der Waals surface area contributed by atoms with Gasteiger partial charge >= 0.3 is 5.97 Å². The average molecular weight is 388 g/mol. The number of anilines is 2. The third-order valence-corrected chi connectivity index (χ3v) is 5.98. The number of carbonyl (C=O) groups excluding carboxylic acids is 1. The second-order valence-corrected chi connectivity index (χ2v) is 8.38. The number of nitrogens with one attached hydrogen (secondary N) is 2. The van der Waals surface area contributed by atoms with Gasteiger partial charge in [-0.25, -0.2) is 8.42 Å². The Morgan fingerprint density at radius 1 is 1.04 bits per heavy atom. The van der Waals surface area contributed by atoms with E-state index in [-0.39, 0.29) is 4.90 Å². The molecule has 7 nitrogen and oxygen atoms in total. The van der Waals surface area contributed by atoms with E-state index in [4.69, 9.17) is 5.11 Å². The van der Waals surface area contributed by atoms with Crippen LogP contribution in [0.25, 0.3) is 0 Å². The lowest BCUT2D eigenvalue weighted by molar-refractivity contribution is -0.139. The number of hydrogen-bond donors (Lipinski definition) is 3. The maximum absolute atomic E-state index is 12.8. The van der Waals surface area contributed by atoms with Crippen LogP contribution in [0.2, 0.25) is 0 Å². The summed E-state index contributed by atoms with van der Waals surface area (Å²) in [7, 11) is -3.84. The van der Waals surface area contributed by atoms with E-state index in [2.05, 4.69) is 10.0 Å². The molecule has 1 aliphatic rings. The Balaban J connectivity index is 1.80. The van der Waals surface area contributed by atoms with Crippen molar-refractivity contribution in [2.45, 2.75) is 25.2 Å². The van der Waals surface area contributed by atoms with Gasteiger partial charge < -0.3 is 10.4 Å². The molecule has 2 atom stereocenters. The summed E-state index contributed by atoms with van der Waals surface area (Å²) in [5, 5.41) is 11.5. The van der Waals surface area contributed by atoms with Crippen LogP contribution < -0.4 is 10.0 Å². The number of carboxylic acid groups (broad SMARTS) is 1. The normalized spacial score (nSPS) is 18.6. The largest absolute Gasteiger partial charge is 0.481 e. The number of benzene rings is 2. The highest BCUT2D eigenvalue weighted by Crippen LogP contribution is 2.39. The first kappa shape index (κ1) is 18.9. The van der Waals surface area contributed by atoms with Crippen LogP contribution in [0.1, 0.15) is 17.5 Å². The standard InChI is InChI=1S/C19H20N2O5S/c1-11-4-3-5-14(8-11)21-27(25,26)17-9-13(7-6-12(17)2)20-18(22)15-10-16(15)19(23)24/h3-9,15-16,21H,10H2,1-2H3,(H,20,22)(H,23,24). The lowest BCUT2D eigenvalue weighted by Gasteiger charge is -2.13. The predicted molar refractivity (Wildman–Crippen MR) is 101 cm³/mol. The Hall–Kier alpha value is -2.87. The first-order valence-corrected chi connectivity index (χ1v) is 9.89. The summed E-state index contributed by atoms with van der Waals surface area (Å²) in [5.41, 5.74) is 2.21. The SMILES string of the molecule is Cc1cccc(NS(=O)(=O)c2cc(NC(=O)C3CC3C(=O)O)ccc2C)c1. The molecule has 3 N–H and O–H groups in total. The topological polar surface area (TPSA) is 113 Å². The van der Waals surface area contributed by atoms with Gasteiger partial charge in [-0.2, -0.15) is 0 Å². The van der Waals surface area contributed by atoms with Gasteiger partial charge in [0.1, 0.15) is 0 Å². The van der Waals surface area contributed by atoms with Crippen molar-refractivity contribution in [1.82, 2.24) is 0 Å². The zero-order chi connectivity index (χ0) is 19.8. The minimum Gasteiger partial charge on any atom is -0.481 e. The van der Waals surface area contributed by atoms with Crippen LogP contribution in [-0.2, 0) is 19.6 Å². The van der Waals surface area contributed by atoms with Crippen molar-refractivity contribution in [3.8, 4) is 0 Å². The summed E-state index contributed by atoms with van der Waals surface area (Å²) in [4.78, 5) is 23.1. The van der Waals surface area contributed by atoms with Crippen molar-refractivity contribution in [2.24, 2.45) is 11.8 Å². The lowest BCUT2D eigenvalue weighted by Crippen LogP contribution is -2.18. The predicted octanol–water partition coefficient (Wildman–Crippen LogP) is 2.76. The lowest BCUT2D eigenvalue weighted by atomic mass is 10.2. The molecule has 8 heteroatoms. The van der Waals surface area contributed by atoms with Crippen LogP contribution >= 0.6 is 0 Å². The molecular formula is C19H20N2O5S. The number of sulfonamides is 1. The number of rotatable bonds is 6. The quantitative estimate of drug-likeness (QED) is 0.704. The molecule has 1 saturated carbocycles. The highest BCUT2D eigenvalue weighted by Gasteiger charge is 2.48. The summed E-state index contributed by atoms with van der Waals surface area (Å²) in [5.74, 6) is -2.65. The zero-order valence-electron chi connectivity index (χ0n) is 14.9. The number of hydrogen-bond acceptors (Lipinski definition) is 4. The molecule has 0 spiro atoms. The van der Waals surface area contributed by atoms with Gasteiger partial charge in [0.2, 0.25) is 5.91 Å². The summed E-state index contributed by atoms with van der Waals surface area (Å²) in [6, 6.07) is 11.6. The molecule has 3 rings (SSSR count). The maximum atomic E-state index is 12.8. The highest BCUT2D eigenvalue weighted by atomic mass is 32.2. The average Bonchev–Trinajstić information content (AvgIpc) is 3.37. The van der Waals surface area contributed by atoms with E-state index in [9.17, 15) is 18.0 Å². The Morgan fingerprint density at radius 3 is 2.41 bits per heavy atom. The van der Waals surface area contributed by atoms with Crippen LogP contribution in [0.3, 0.4) is 0 Å². The van der Waals surface area contributed by atoms with E-state index in [0.29, 0.717) is 23.4 Å². The highest BCUT2D eigenvalue weighted by molar-refractivity contribution is 7.92. The van der Waals surface area contributed by atoms with E-state index >= 15 is 0 Å². The molecule has 2 unspecified atom stereocenters. The van der Waals surface area contributed by atoms with Crippen LogP contribution in [0, 0.1) is 25.7 Å². The summed E-state index contributed by atoms with van der Waals surface area (Å²) >= 11 is 0. The van der Waals surface area contributed by atoms with E-state index in [1.807, 2.05) is 13.0 Å². The van der Waals surface area contributed by atoms with E-state index in [0.717, 1.165) is 5.56 Å². The Labute approximate surface area is 157 Å². The van der Waals surface area contributed by atoms with Gasteiger partial charge in [0.25, 0.3) is 10.0 Å². The number of aryl methyl sites for hydroxylation is 2. The van der Waals surface area contributed by atoms with Crippen molar-refractivity contribution in [3.63, 3.8) is 0 Å². The Bertz CT molecular complexity index is 1020. The second kappa shape index (κ2) is 7.03. The fourth-order valence-electron chi connectivity index (χ4n) is 2.88. The third kappa shape index (κ3) is 4.28. The number of aliphatic carboxylic acids is 1. The molecule has 0 aromatic heterocycles. The first-order valence-electron chi connectivity index (χ1n) is 8.41.